The highest BCUT2D eigenvalue weighted by Crippen LogP contribution is 2.47. The van der Waals surface area contributed by atoms with E-state index in [0.29, 0.717) is 19.0 Å². The van der Waals surface area contributed by atoms with Crippen molar-refractivity contribution in [2.45, 2.75) is 25.4 Å². The van der Waals surface area contributed by atoms with Crippen LogP contribution in [0, 0.1) is 5.92 Å². The highest BCUT2D eigenvalue weighted by molar-refractivity contribution is 5.82. The molecule has 1 amide bonds. The molecule has 25 heavy (non-hydrogen) atoms. The average Bonchev–Trinajstić information content (AvgIpc) is 3.30. The molecule has 0 spiro atoms. The fraction of sp³-hybridized carbons (Fsp3) is 0.250. The van der Waals surface area contributed by atoms with Gasteiger partial charge in [-0.05, 0) is 29.0 Å². The molecule has 1 saturated carbocycles. The number of hydrogen-bond donors (Lipinski definition) is 1. The molecule has 5 nitrogen and oxygen atoms in total. The average molecular weight is 332 g/mol. The molecule has 2 aromatic carbocycles. The maximum absolute atomic E-state index is 12.4. The van der Waals surface area contributed by atoms with E-state index in [1.807, 2.05) is 30.3 Å². The maximum Gasteiger partial charge on any atom is 0.224 e. The van der Waals surface area contributed by atoms with Crippen molar-refractivity contribution < 1.29 is 4.79 Å². The van der Waals surface area contributed by atoms with E-state index in [1.54, 1.807) is 11.0 Å². The number of nitrogens with one attached hydrogen (secondary N) is 1. The normalized spacial score (nSPS) is 18.7. The van der Waals surface area contributed by atoms with E-state index in [0.717, 1.165) is 17.5 Å². The molecule has 0 bridgehead atoms. The van der Waals surface area contributed by atoms with E-state index >= 15 is 0 Å². The molecule has 0 aliphatic heterocycles. The van der Waals surface area contributed by atoms with Crippen LogP contribution in [-0.2, 0) is 17.9 Å². The molecular formula is C20H20N4O. The van der Waals surface area contributed by atoms with E-state index in [-0.39, 0.29) is 11.8 Å². The summed E-state index contributed by atoms with van der Waals surface area (Å²) in [7, 11) is 0. The Morgan fingerprint density at radius 3 is 2.76 bits per heavy atom. The fourth-order valence-electron chi connectivity index (χ4n) is 3.21. The van der Waals surface area contributed by atoms with Crippen molar-refractivity contribution in [3.05, 3.63) is 83.9 Å². The number of carbonyl (C=O) groups is 1. The molecule has 1 aliphatic rings. The van der Waals surface area contributed by atoms with Gasteiger partial charge in [0, 0.05) is 12.5 Å². The van der Waals surface area contributed by atoms with Gasteiger partial charge in [0.25, 0.3) is 0 Å². The van der Waals surface area contributed by atoms with Crippen LogP contribution in [0.4, 0.5) is 0 Å². The Kier molecular flexibility index (Phi) is 4.29. The summed E-state index contributed by atoms with van der Waals surface area (Å²) in [5.74, 6) is 0.635. The summed E-state index contributed by atoms with van der Waals surface area (Å²) in [6, 6.07) is 18.5. The zero-order valence-electron chi connectivity index (χ0n) is 13.9. The van der Waals surface area contributed by atoms with Gasteiger partial charge in [-0.3, -0.25) is 4.79 Å². The van der Waals surface area contributed by atoms with Gasteiger partial charge in [-0.25, -0.2) is 9.67 Å². The van der Waals surface area contributed by atoms with Crippen LogP contribution < -0.4 is 5.32 Å². The first kappa shape index (κ1) is 15.6. The van der Waals surface area contributed by atoms with Crippen molar-refractivity contribution in [2.75, 3.05) is 0 Å². The molecule has 1 aliphatic carbocycles. The van der Waals surface area contributed by atoms with E-state index < -0.39 is 0 Å². The molecule has 1 N–H and O–H groups in total. The van der Waals surface area contributed by atoms with Crippen LogP contribution >= 0.6 is 0 Å². The predicted octanol–water partition coefficient (Wildman–Crippen LogP) is 2.75. The zero-order chi connectivity index (χ0) is 17.1. The number of carbonyl (C=O) groups excluding carboxylic acids is 1. The lowest BCUT2D eigenvalue weighted by Crippen LogP contribution is -2.24. The first-order chi connectivity index (χ1) is 12.3. The zero-order valence-corrected chi connectivity index (χ0v) is 13.9. The Labute approximate surface area is 146 Å². The third-order valence-corrected chi connectivity index (χ3v) is 4.62. The number of nitrogens with zero attached hydrogens (tertiary/aromatic N) is 3. The third kappa shape index (κ3) is 3.76. The lowest BCUT2D eigenvalue weighted by molar-refractivity contribution is -0.122. The predicted molar refractivity (Wildman–Crippen MR) is 94.7 cm³/mol. The van der Waals surface area contributed by atoms with Crippen molar-refractivity contribution in [3.63, 3.8) is 0 Å². The van der Waals surface area contributed by atoms with Crippen molar-refractivity contribution in [1.82, 2.24) is 20.1 Å². The molecule has 126 valence electrons. The van der Waals surface area contributed by atoms with Crippen LogP contribution in [0.15, 0.2) is 67.3 Å². The summed E-state index contributed by atoms with van der Waals surface area (Å²) in [5.41, 5.74) is 3.51. The summed E-state index contributed by atoms with van der Waals surface area (Å²) in [6.07, 6.45) is 4.18. The molecule has 4 rings (SSSR count). The Morgan fingerprint density at radius 2 is 1.96 bits per heavy atom. The summed E-state index contributed by atoms with van der Waals surface area (Å²) in [4.78, 5) is 16.3. The van der Waals surface area contributed by atoms with Gasteiger partial charge >= 0.3 is 0 Å². The fourth-order valence-corrected chi connectivity index (χ4v) is 3.21. The van der Waals surface area contributed by atoms with Crippen molar-refractivity contribution >= 4 is 5.91 Å². The standard InChI is InChI=1S/C20H20N4O/c25-20(19-10-18(19)17-7-2-1-3-8-17)22-11-15-5-4-6-16(9-15)12-24-14-21-13-23-24/h1-9,13-14,18-19H,10-12H2,(H,22,25)/t18-,19-/m1/s1. The lowest BCUT2D eigenvalue weighted by atomic mass is 10.1. The maximum atomic E-state index is 12.4. The molecule has 0 saturated heterocycles. The lowest BCUT2D eigenvalue weighted by Gasteiger charge is -2.08. The molecule has 3 aromatic rings. The number of aromatic nitrogens is 3. The van der Waals surface area contributed by atoms with Gasteiger partial charge in [-0.15, -0.1) is 0 Å². The summed E-state index contributed by atoms with van der Waals surface area (Å²) in [6.45, 7) is 1.24. The van der Waals surface area contributed by atoms with Gasteiger partial charge in [-0.1, -0.05) is 54.6 Å². The Morgan fingerprint density at radius 1 is 1.12 bits per heavy atom. The molecule has 5 heteroatoms. The monoisotopic (exact) mass is 332 g/mol. The Bertz CT molecular complexity index is 845. The van der Waals surface area contributed by atoms with Crippen LogP contribution in [0.2, 0.25) is 0 Å². The van der Waals surface area contributed by atoms with E-state index in [1.165, 1.54) is 11.9 Å². The van der Waals surface area contributed by atoms with Crippen LogP contribution in [-0.4, -0.2) is 20.7 Å². The smallest absolute Gasteiger partial charge is 0.224 e. The Balaban J connectivity index is 1.32. The van der Waals surface area contributed by atoms with Crippen molar-refractivity contribution in [2.24, 2.45) is 5.92 Å². The highest BCUT2D eigenvalue weighted by Gasteiger charge is 2.43. The number of amides is 1. The van der Waals surface area contributed by atoms with Gasteiger partial charge in [0.05, 0.1) is 6.54 Å². The summed E-state index contributed by atoms with van der Waals surface area (Å²) >= 11 is 0. The molecule has 2 atom stereocenters. The number of hydrogen-bond acceptors (Lipinski definition) is 3. The Hall–Kier alpha value is -2.95. The molecule has 1 aromatic heterocycles. The first-order valence-electron chi connectivity index (χ1n) is 8.52. The van der Waals surface area contributed by atoms with Crippen LogP contribution in [0.25, 0.3) is 0 Å². The minimum Gasteiger partial charge on any atom is -0.352 e. The number of benzene rings is 2. The van der Waals surface area contributed by atoms with E-state index in [9.17, 15) is 4.79 Å². The third-order valence-electron chi connectivity index (χ3n) is 4.62. The summed E-state index contributed by atoms with van der Waals surface area (Å²) < 4.78 is 1.78. The topological polar surface area (TPSA) is 59.8 Å². The SMILES string of the molecule is O=C(NCc1cccc(Cn2cncn2)c1)[C@@H]1C[C@@H]1c1ccccc1. The van der Waals surface area contributed by atoms with E-state index in [2.05, 4.69) is 39.7 Å². The highest BCUT2D eigenvalue weighted by atomic mass is 16.2. The second kappa shape index (κ2) is 6.89. The largest absolute Gasteiger partial charge is 0.352 e. The van der Waals surface area contributed by atoms with Gasteiger partial charge < -0.3 is 5.32 Å². The van der Waals surface area contributed by atoms with Crippen molar-refractivity contribution in [3.8, 4) is 0 Å². The minimum atomic E-state index is 0.112. The van der Waals surface area contributed by atoms with Gasteiger partial charge in [0.1, 0.15) is 12.7 Å². The second-order valence-electron chi connectivity index (χ2n) is 6.49. The second-order valence-corrected chi connectivity index (χ2v) is 6.49. The molecule has 0 unspecified atom stereocenters. The first-order valence-corrected chi connectivity index (χ1v) is 8.52. The summed E-state index contributed by atoms with van der Waals surface area (Å²) in [5, 5.41) is 7.19. The van der Waals surface area contributed by atoms with E-state index in [4.69, 9.17) is 0 Å². The van der Waals surface area contributed by atoms with Crippen molar-refractivity contribution in [1.29, 1.82) is 0 Å². The molecular weight excluding hydrogens is 312 g/mol. The number of rotatable bonds is 6. The molecule has 1 heterocycles. The van der Waals surface area contributed by atoms with Crippen LogP contribution in [0.5, 0.6) is 0 Å². The van der Waals surface area contributed by atoms with Gasteiger partial charge in [-0.2, -0.15) is 5.10 Å². The van der Waals surface area contributed by atoms with Crippen LogP contribution in [0.1, 0.15) is 29.0 Å². The quantitative estimate of drug-likeness (QED) is 0.755. The van der Waals surface area contributed by atoms with Gasteiger partial charge in [0.15, 0.2) is 0 Å². The van der Waals surface area contributed by atoms with Crippen LogP contribution in [0.3, 0.4) is 0 Å². The molecule has 1 fully saturated rings. The van der Waals surface area contributed by atoms with Gasteiger partial charge in [0.2, 0.25) is 5.91 Å². The minimum absolute atomic E-state index is 0.112. The molecule has 0 radical (unpaired) electrons.